The van der Waals surface area contributed by atoms with E-state index in [4.69, 9.17) is 10.5 Å². The molecule has 0 spiro atoms. The fraction of sp³-hybridized carbons (Fsp3) is 0.562. The minimum atomic E-state index is -0.361. The van der Waals surface area contributed by atoms with Crippen molar-refractivity contribution in [1.29, 1.82) is 0 Å². The molecule has 1 amide bonds. The van der Waals surface area contributed by atoms with Crippen LogP contribution in [-0.4, -0.2) is 19.6 Å². The molecule has 0 radical (unpaired) electrons. The van der Waals surface area contributed by atoms with Gasteiger partial charge in [0, 0.05) is 18.7 Å². The zero-order chi connectivity index (χ0) is 14.4. The summed E-state index contributed by atoms with van der Waals surface area (Å²) in [6.07, 6.45) is 5.21. The van der Waals surface area contributed by atoms with Gasteiger partial charge < -0.3 is 15.8 Å². The SMILES string of the molecule is COc1ccccc1CNC(=O)C1(CN)CCCCC1. The average Bonchev–Trinajstić information content (AvgIpc) is 2.53. The summed E-state index contributed by atoms with van der Waals surface area (Å²) in [5.74, 6) is 0.892. The van der Waals surface area contributed by atoms with E-state index in [1.807, 2.05) is 24.3 Å². The normalized spacial score (nSPS) is 17.5. The van der Waals surface area contributed by atoms with E-state index in [-0.39, 0.29) is 11.3 Å². The molecule has 0 aliphatic heterocycles. The fourth-order valence-corrected chi connectivity index (χ4v) is 2.96. The lowest BCUT2D eigenvalue weighted by Crippen LogP contribution is -2.46. The van der Waals surface area contributed by atoms with E-state index < -0.39 is 0 Å². The number of benzene rings is 1. The zero-order valence-electron chi connectivity index (χ0n) is 12.2. The van der Waals surface area contributed by atoms with Gasteiger partial charge >= 0.3 is 0 Å². The van der Waals surface area contributed by atoms with Crippen molar-refractivity contribution in [1.82, 2.24) is 5.32 Å². The van der Waals surface area contributed by atoms with Crippen molar-refractivity contribution in [2.45, 2.75) is 38.6 Å². The van der Waals surface area contributed by atoms with Crippen molar-refractivity contribution < 1.29 is 9.53 Å². The second-order valence-electron chi connectivity index (χ2n) is 5.54. The van der Waals surface area contributed by atoms with Gasteiger partial charge in [-0.25, -0.2) is 0 Å². The number of hydrogen-bond donors (Lipinski definition) is 2. The van der Waals surface area contributed by atoms with Crippen molar-refractivity contribution in [3.05, 3.63) is 29.8 Å². The molecule has 1 aliphatic carbocycles. The molecule has 4 nitrogen and oxygen atoms in total. The van der Waals surface area contributed by atoms with E-state index in [0.717, 1.165) is 37.0 Å². The van der Waals surface area contributed by atoms with Crippen molar-refractivity contribution >= 4 is 5.91 Å². The van der Waals surface area contributed by atoms with Gasteiger partial charge in [-0.2, -0.15) is 0 Å². The van der Waals surface area contributed by atoms with Crippen molar-refractivity contribution in [2.24, 2.45) is 11.1 Å². The third-order valence-electron chi connectivity index (χ3n) is 4.31. The number of nitrogens with one attached hydrogen (secondary N) is 1. The molecule has 0 atom stereocenters. The van der Waals surface area contributed by atoms with E-state index in [9.17, 15) is 4.79 Å². The lowest BCUT2D eigenvalue weighted by atomic mass is 9.73. The predicted octanol–water partition coefficient (Wildman–Crippen LogP) is 2.22. The Balaban J connectivity index is 2.00. The number of carbonyl (C=O) groups is 1. The van der Waals surface area contributed by atoms with Gasteiger partial charge in [-0.1, -0.05) is 37.5 Å². The third-order valence-corrected chi connectivity index (χ3v) is 4.31. The Morgan fingerprint density at radius 3 is 2.65 bits per heavy atom. The number of methoxy groups -OCH3 is 1. The minimum absolute atomic E-state index is 0.0885. The molecule has 1 saturated carbocycles. The highest BCUT2D eigenvalue weighted by Gasteiger charge is 2.37. The summed E-state index contributed by atoms with van der Waals surface area (Å²) < 4.78 is 5.30. The number of para-hydroxylation sites is 1. The number of nitrogens with two attached hydrogens (primary N) is 1. The summed E-state index contributed by atoms with van der Waals surface area (Å²) in [4.78, 5) is 12.5. The maximum atomic E-state index is 12.5. The first-order valence-electron chi connectivity index (χ1n) is 7.32. The van der Waals surface area contributed by atoms with Gasteiger partial charge in [-0.15, -0.1) is 0 Å². The molecule has 0 unspecified atom stereocenters. The highest BCUT2D eigenvalue weighted by molar-refractivity contribution is 5.83. The Hall–Kier alpha value is -1.55. The average molecular weight is 276 g/mol. The minimum Gasteiger partial charge on any atom is -0.496 e. The molecule has 1 fully saturated rings. The summed E-state index contributed by atoms with van der Waals surface area (Å²) in [6, 6.07) is 7.74. The van der Waals surface area contributed by atoms with Gasteiger partial charge in [0.15, 0.2) is 0 Å². The number of hydrogen-bond acceptors (Lipinski definition) is 3. The van der Waals surface area contributed by atoms with Crippen LogP contribution < -0.4 is 15.8 Å². The van der Waals surface area contributed by atoms with Gasteiger partial charge in [0.2, 0.25) is 5.91 Å². The monoisotopic (exact) mass is 276 g/mol. The maximum absolute atomic E-state index is 12.5. The lowest BCUT2D eigenvalue weighted by molar-refractivity contribution is -0.132. The molecular formula is C16H24N2O2. The molecule has 0 saturated heterocycles. The van der Waals surface area contributed by atoms with E-state index in [1.165, 1.54) is 6.42 Å². The molecule has 4 heteroatoms. The Morgan fingerprint density at radius 2 is 2.00 bits per heavy atom. The number of ether oxygens (including phenoxy) is 1. The van der Waals surface area contributed by atoms with Crippen LogP contribution in [0.5, 0.6) is 5.75 Å². The molecule has 110 valence electrons. The molecule has 0 bridgehead atoms. The van der Waals surface area contributed by atoms with Crippen molar-refractivity contribution in [3.63, 3.8) is 0 Å². The maximum Gasteiger partial charge on any atom is 0.227 e. The molecule has 3 N–H and O–H groups in total. The van der Waals surface area contributed by atoms with Crippen molar-refractivity contribution in [2.75, 3.05) is 13.7 Å². The highest BCUT2D eigenvalue weighted by atomic mass is 16.5. The molecule has 1 aromatic carbocycles. The van der Waals surface area contributed by atoms with Crippen LogP contribution in [0.15, 0.2) is 24.3 Å². The zero-order valence-corrected chi connectivity index (χ0v) is 12.2. The van der Waals surface area contributed by atoms with Gasteiger partial charge in [-0.05, 0) is 18.9 Å². The summed E-state index contributed by atoms with van der Waals surface area (Å²) in [5.41, 5.74) is 6.51. The predicted molar refractivity (Wildman–Crippen MR) is 79.4 cm³/mol. The topological polar surface area (TPSA) is 64.3 Å². The first kappa shape index (κ1) is 14.9. The number of amides is 1. The van der Waals surface area contributed by atoms with Crippen LogP contribution in [0.4, 0.5) is 0 Å². The van der Waals surface area contributed by atoms with Crippen molar-refractivity contribution in [3.8, 4) is 5.75 Å². The van der Waals surface area contributed by atoms with Crippen LogP contribution in [0.3, 0.4) is 0 Å². The molecule has 0 heterocycles. The second-order valence-corrected chi connectivity index (χ2v) is 5.54. The molecule has 1 aliphatic rings. The summed E-state index contributed by atoms with van der Waals surface area (Å²) >= 11 is 0. The summed E-state index contributed by atoms with van der Waals surface area (Å²) in [7, 11) is 1.64. The molecule has 1 aromatic rings. The molecule has 2 rings (SSSR count). The van der Waals surface area contributed by atoms with Crippen LogP contribution >= 0.6 is 0 Å². The quantitative estimate of drug-likeness (QED) is 0.866. The Morgan fingerprint density at radius 1 is 1.30 bits per heavy atom. The van der Waals surface area contributed by atoms with E-state index >= 15 is 0 Å². The molecule has 20 heavy (non-hydrogen) atoms. The standard InChI is InChI=1S/C16H24N2O2/c1-20-14-8-4-3-7-13(14)11-18-15(19)16(12-17)9-5-2-6-10-16/h3-4,7-8H,2,5-6,9-12,17H2,1H3,(H,18,19). The van der Waals surface area contributed by atoms with Gasteiger partial charge in [0.05, 0.1) is 12.5 Å². The van der Waals surface area contributed by atoms with Gasteiger partial charge in [0.25, 0.3) is 0 Å². The first-order chi connectivity index (χ1) is 9.72. The Kier molecular flexibility index (Phi) is 5.01. The molecular weight excluding hydrogens is 252 g/mol. The van der Waals surface area contributed by atoms with Crippen LogP contribution in [0.1, 0.15) is 37.7 Å². The Bertz CT molecular complexity index is 454. The second kappa shape index (κ2) is 6.75. The summed E-state index contributed by atoms with van der Waals surface area (Å²) in [6.45, 7) is 0.926. The lowest BCUT2D eigenvalue weighted by Gasteiger charge is -2.34. The van der Waals surface area contributed by atoms with Crippen LogP contribution in [0.25, 0.3) is 0 Å². The van der Waals surface area contributed by atoms with Gasteiger partial charge in [0.1, 0.15) is 5.75 Å². The molecule has 0 aromatic heterocycles. The van der Waals surface area contributed by atoms with E-state index in [1.54, 1.807) is 7.11 Å². The smallest absolute Gasteiger partial charge is 0.227 e. The highest BCUT2D eigenvalue weighted by Crippen LogP contribution is 2.35. The van der Waals surface area contributed by atoms with E-state index in [2.05, 4.69) is 5.32 Å². The van der Waals surface area contributed by atoms with Crippen LogP contribution in [0.2, 0.25) is 0 Å². The summed E-state index contributed by atoms with van der Waals surface area (Å²) in [5, 5.41) is 3.04. The number of carbonyl (C=O) groups excluding carboxylic acids is 1. The van der Waals surface area contributed by atoms with Crippen LogP contribution in [-0.2, 0) is 11.3 Å². The van der Waals surface area contributed by atoms with Crippen LogP contribution in [0, 0.1) is 5.41 Å². The largest absolute Gasteiger partial charge is 0.496 e. The third kappa shape index (κ3) is 3.12. The number of rotatable bonds is 5. The fourth-order valence-electron chi connectivity index (χ4n) is 2.96. The van der Waals surface area contributed by atoms with E-state index in [0.29, 0.717) is 13.1 Å². The Labute approximate surface area is 120 Å². The van der Waals surface area contributed by atoms with Gasteiger partial charge in [-0.3, -0.25) is 4.79 Å². The first-order valence-corrected chi connectivity index (χ1v) is 7.32.